The van der Waals surface area contributed by atoms with E-state index in [9.17, 15) is 0 Å². The fourth-order valence-electron chi connectivity index (χ4n) is 0.993. The Hall–Kier alpha value is -0.770. The maximum Gasteiger partial charge on any atom is 0.132 e. The second kappa shape index (κ2) is 4.46. The Bertz CT molecular complexity index is 291. The van der Waals surface area contributed by atoms with Gasteiger partial charge in [-0.15, -0.1) is 0 Å². The van der Waals surface area contributed by atoms with Gasteiger partial charge in [-0.05, 0) is 18.2 Å². The Morgan fingerprint density at radius 2 is 2.08 bits per heavy atom. The molecular weight excluding hydrogens is 190 g/mol. The van der Waals surface area contributed by atoms with Crippen molar-refractivity contribution in [3.05, 3.63) is 28.8 Å². The van der Waals surface area contributed by atoms with Gasteiger partial charge in [-0.1, -0.05) is 11.6 Å². The summed E-state index contributed by atoms with van der Waals surface area (Å²) < 4.78 is 9.94. The average molecular weight is 202 g/mol. The van der Waals surface area contributed by atoms with Crippen molar-refractivity contribution in [2.75, 3.05) is 14.2 Å². The van der Waals surface area contributed by atoms with Crippen LogP contribution in [0.25, 0.3) is 0 Å². The molecule has 0 spiro atoms. The van der Waals surface area contributed by atoms with Gasteiger partial charge < -0.3 is 15.2 Å². The number of ether oxygens (including phenoxy) is 2. The van der Waals surface area contributed by atoms with Gasteiger partial charge >= 0.3 is 0 Å². The van der Waals surface area contributed by atoms with Crippen molar-refractivity contribution in [1.29, 1.82) is 0 Å². The molecule has 0 aliphatic heterocycles. The van der Waals surface area contributed by atoms with Gasteiger partial charge in [0.05, 0.1) is 12.1 Å². The molecule has 4 heteroatoms. The van der Waals surface area contributed by atoms with Crippen LogP contribution in [0.3, 0.4) is 0 Å². The van der Waals surface area contributed by atoms with E-state index in [0.717, 1.165) is 5.56 Å². The third-order valence-corrected chi connectivity index (χ3v) is 2.10. The highest BCUT2D eigenvalue weighted by atomic mass is 35.5. The molecule has 1 aromatic carbocycles. The molecule has 0 saturated heterocycles. The maximum atomic E-state index is 5.94. The molecule has 0 bridgehead atoms. The molecule has 1 unspecified atom stereocenters. The quantitative estimate of drug-likeness (QED) is 0.761. The normalized spacial score (nSPS) is 12.6. The first kappa shape index (κ1) is 10.3. The highest BCUT2D eigenvalue weighted by molar-refractivity contribution is 6.31. The van der Waals surface area contributed by atoms with Gasteiger partial charge in [-0.2, -0.15) is 0 Å². The maximum absolute atomic E-state index is 5.94. The van der Waals surface area contributed by atoms with Crippen LogP contribution in [-0.2, 0) is 4.74 Å². The van der Waals surface area contributed by atoms with E-state index in [4.69, 9.17) is 26.8 Å². The summed E-state index contributed by atoms with van der Waals surface area (Å²) in [6.07, 6.45) is -0.488. The molecule has 0 radical (unpaired) electrons. The second-order valence-electron chi connectivity index (χ2n) is 2.54. The first-order valence-electron chi connectivity index (χ1n) is 3.81. The van der Waals surface area contributed by atoms with Crippen LogP contribution in [0.1, 0.15) is 11.8 Å². The Kier molecular flexibility index (Phi) is 3.54. The Morgan fingerprint density at radius 3 is 2.54 bits per heavy atom. The summed E-state index contributed by atoms with van der Waals surface area (Å²) in [4.78, 5) is 0. The van der Waals surface area contributed by atoms with E-state index in [1.807, 2.05) is 0 Å². The second-order valence-corrected chi connectivity index (χ2v) is 2.95. The molecule has 0 heterocycles. The third-order valence-electron chi connectivity index (χ3n) is 1.77. The zero-order valence-corrected chi connectivity index (χ0v) is 8.34. The molecule has 1 atom stereocenters. The van der Waals surface area contributed by atoms with Crippen molar-refractivity contribution in [2.24, 2.45) is 5.73 Å². The summed E-state index contributed by atoms with van der Waals surface area (Å²) in [5.41, 5.74) is 6.39. The first-order chi connectivity index (χ1) is 6.19. The molecule has 13 heavy (non-hydrogen) atoms. The number of hydrogen-bond donors (Lipinski definition) is 1. The first-order valence-corrected chi connectivity index (χ1v) is 4.18. The molecule has 1 rings (SSSR count). The van der Waals surface area contributed by atoms with Crippen LogP contribution in [0.2, 0.25) is 5.02 Å². The van der Waals surface area contributed by atoms with Crippen LogP contribution in [-0.4, -0.2) is 14.2 Å². The Morgan fingerprint density at radius 1 is 1.38 bits per heavy atom. The van der Waals surface area contributed by atoms with Gasteiger partial charge in [0.1, 0.15) is 12.0 Å². The van der Waals surface area contributed by atoms with E-state index in [1.54, 1.807) is 25.3 Å². The number of hydrogen-bond acceptors (Lipinski definition) is 3. The fraction of sp³-hybridized carbons (Fsp3) is 0.333. The molecule has 0 saturated carbocycles. The Balaban J connectivity index is 2.98. The number of rotatable bonds is 3. The van der Waals surface area contributed by atoms with Gasteiger partial charge in [0.15, 0.2) is 0 Å². The zero-order valence-electron chi connectivity index (χ0n) is 7.58. The third kappa shape index (κ3) is 2.34. The smallest absolute Gasteiger partial charge is 0.132 e. The SMILES string of the molecule is COc1ccc(C(N)OC)c(Cl)c1. The molecule has 0 aliphatic rings. The lowest BCUT2D eigenvalue weighted by atomic mass is 10.2. The van der Waals surface area contributed by atoms with Crippen molar-refractivity contribution in [1.82, 2.24) is 0 Å². The van der Waals surface area contributed by atoms with Crippen LogP contribution in [0.15, 0.2) is 18.2 Å². The predicted molar refractivity (Wildman–Crippen MR) is 51.9 cm³/mol. The van der Waals surface area contributed by atoms with E-state index in [0.29, 0.717) is 10.8 Å². The lowest BCUT2D eigenvalue weighted by Gasteiger charge is -2.12. The van der Waals surface area contributed by atoms with Gasteiger partial charge in [0.2, 0.25) is 0 Å². The molecule has 72 valence electrons. The Labute approximate surface area is 82.4 Å². The van der Waals surface area contributed by atoms with Crippen molar-refractivity contribution >= 4 is 11.6 Å². The minimum Gasteiger partial charge on any atom is -0.497 e. The average Bonchev–Trinajstić information content (AvgIpc) is 2.16. The lowest BCUT2D eigenvalue weighted by Crippen LogP contribution is -2.12. The van der Waals surface area contributed by atoms with E-state index >= 15 is 0 Å². The van der Waals surface area contributed by atoms with Crippen molar-refractivity contribution in [2.45, 2.75) is 6.23 Å². The van der Waals surface area contributed by atoms with E-state index in [2.05, 4.69) is 0 Å². The zero-order chi connectivity index (χ0) is 9.84. The molecule has 0 fully saturated rings. The van der Waals surface area contributed by atoms with Crippen molar-refractivity contribution in [3.8, 4) is 5.75 Å². The van der Waals surface area contributed by atoms with Crippen molar-refractivity contribution in [3.63, 3.8) is 0 Å². The molecule has 0 aliphatic carbocycles. The van der Waals surface area contributed by atoms with Gasteiger partial charge in [-0.3, -0.25) is 0 Å². The number of methoxy groups -OCH3 is 2. The van der Waals surface area contributed by atoms with Crippen LogP contribution < -0.4 is 10.5 Å². The molecule has 3 nitrogen and oxygen atoms in total. The van der Waals surface area contributed by atoms with Crippen LogP contribution in [0.5, 0.6) is 5.75 Å². The van der Waals surface area contributed by atoms with E-state index in [1.165, 1.54) is 7.11 Å². The minimum atomic E-state index is -0.488. The molecular formula is C9H12ClNO2. The summed E-state index contributed by atoms with van der Waals surface area (Å²) in [6, 6.07) is 5.28. The minimum absolute atomic E-state index is 0.488. The molecule has 0 aromatic heterocycles. The van der Waals surface area contributed by atoms with Crippen LogP contribution in [0.4, 0.5) is 0 Å². The summed E-state index contributed by atoms with van der Waals surface area (Å²) >= 11 is 5.94. The molecule has 1 aromatic rings. The number of benzene rings is 1. The largest absolute Gasteiger partial charge is 0.497 e. The fourth-order valence-corrected chi connectivity index (χ4v) is 1.27. The summed E-state index contributed by atoms with van der Waals surface area (Å²) in [6.45, 7) is 0. The monoisotopic (exact) mass is 201 g/mol. The lowest BCUT2D eigenvalue weighted by molar-refractivity contribution is 0.109. The number of halogens is 1. The highest BCUT2D eigenvalue weighted by Gasteiger charge is 2.09. The van der Waals surface area contributed by atoms with E-state index < -0.39 is 6.23 Å². The summed E-state index contributed by atoms with van der Waals surface area (Å²) in [5, 5.41) is 0.550. The van der Waals surface area contributed by atoms with Gasteiger partial charge in [-0.25, -0.2) is 0 Å². The topological polar surface area (TPSA) is 44.5 Å². The van der Waals surface area contributed by atoms with Crippen molar-refractivity contribution < 1.29 is 9.47 Å². The molecule has 2 N–H and O–H groups in total. The summed E-state index contributed by atoms with van der Waals surface area (Å²) in [5.74, 6) is 0.706. The molecule has 0 amide bonds. The van der Waals surface area contributed by atoms with Crippen LogP contribution >= 0.6 is 11.6 Å². The summed E-state index contributed by atoms with van der Waals surface area (Å²) in [7, 11) is 3.12. The predicted octanol–water partition coefficient (Wildman–Crippen LogP) is 1.95. The van der Waals surface area contributed by atoms with Gasteiger partial charge in [0.25, 0.3) is 0 Å². The number of nitrogens with two attached hydrogens (primary N) is 1. The highest BCUT2D eigenvalue weighted by Crippen LogP contribution is 2.26. The van der Waals surface area contributed by atoms with E-state index in [-0.39, 0.29) is 0 Å². The standard InChI is InChI=1S/C9H12ClNO2/c1-12-6-3-4-7(8(10)5-6)9(11)13-2/h3-5,9H,11H2,1-2H3. The van der Waals surface area contributed by atoms with Gasteiger partial charge in [0, 0.05) is 12.7 Å². The van der Waals surface area contributed by atoms with Crippen LogP contribution in [0, 0.1) is 0 Å².